The van der Waals surface area contributed by atoms with Gasteiger partial charge in [-0.3, -0.25) is 4.79 Å². The zero-order valence-electron chi connectivity index (χ0n) is 15.5. The lowest BCUT2D eigenvalue weighted by Gasteiger charge is -2.19. The smallest absolute Gasteiger partial charge is 0.416 e. The van der Waals surface area contributed by atoms with Crippen molar-refractivity contribution in [3.63, 3.8) is 0 Å². The standard InChI is InChI=1S/C19H13BrClF6NO3/c1-31-17(30)15(7-9-6-13(21)2-3-14(9)20)28-16(29)10-4-11(18(22,23)24)8-12(5-10)19(25,26)27/h2-6,8,15H,7H2,1H3,(H,28,29)/t15-/m1/s1. The highest BCUT2D eigenvalue weighted by molar-refractivity contribution is 9.10. The number of hydrogen-bond acceptors (Lipinski definition) is 3. The quantitative estimate of drug-likeness (QED) is 0.400. The highest BCUT2D eigenvalue weighted by atomic mass is 79.9. The molecule has 0 aromatic heterocycles. The van der Waals surface area contributed by atoms with Crippen molar-refractivity contribution in [2.24, 2.45) is 0 Å². The molecule has 0 spiro atoms. The van der Waals surface area contributed by atoms with Gasteiger partial charge in [0.1, 0.15) is 6.04 Å². The topological polar surface area (TPSA) is 55.4 Å². The summed E-state index contributed by atoms with van der Waals surface area (Å²) in [4.78, 5) is 24.6. The van der Waals surface area contributed by atoms with Gasteiger partial charge in [0, 0.05) is 21.5 Å². The third-order valence-electron chi connectivity index (χ3n) is 4.07. The zero-order valence-corrected chi connectivity index (χ0v) is 17.8. The number of esters is 1. The Kier molecular flexibility index (Phi) is 7.64. The van der Waals surface area contributed by atoms with Gasteiger partial charge in [0.2, 0.25) is 0 Å². The maximum Gasteiger partial charge on any atom is 0.416 e. The Bertz CT molecular complexity index is 961. The van der Waals surface area contributed by atoms with Gasteiger partial charge in [-0.15, -0.1) is 0 Å². The van der Waals surface area contributed by atoms with Crippen LogP contribution in [-0.4, -0.2) is 25.0 Å². The van der Waals surface area contributed by atoms with Crippen LogP contribution in [0.15, 0.2) is 40.9 Å². The molecular weight excluding hydrogens is 520 g/mol. The van der Waals surface area contributed by atoms with Gasteiger partial charge in [0.05, 0.1) is 18.2 Å². The van der Waals surface area contributed by atoms with Crippen molar-refractivity contribution in [2.45, 2.75) is 24.8 Å². The summed E-state index contributed by atoms with van der Waals surface area (Å²) in [6, 6.07) is 3.62. The summed E-state index contributed by atoms with van der Waals surface area (Å²) < 4.78 is 83.2. The molecule has 12 heteroatoms. The van der Waals surface area contributed by atoms with Crippen LogP contribution in [0.3, 0.4) is 0 Å². The second kappa shape index (κ2) is 9.47. The van der Waals surface area contributed by atoms with E-state index in [1.54, 1.807) is 12.1 Å². The molecule has 0 aliphatic carbocycles. The molecule has 31 heavy (non-hydrogen) atoms. The molecule has 168 valence electrons. The van der Waals surface area contributed by atoms with Crippen LogP contribution in [0, 0.1) is 0 Å². The molecule has 0 aliphatic rings. The average Bonchev–Trinajstić information content (AvgIpc) is 2.67. The Hall–Kier alpha value is -2.27. The highest BCUT2D eigenvalue weighted by Gasteiger charge is 2.38. The van der Waals surface area contributed by atoms with Gasteiger partial charge in [-0.1, -0.05) is 27.5 Å². The molecule has 0 saturated heterocycles. The van der Waals surface area contributed by atoms with E-state index in [4.69, 9.17) is 11.6 Å². The number of alkyl halides is 6. The number of carbonyl (C=O) groups excluding carboxylic acids is 2. The van der Waals surface area contributed by atoms with Crippen LogP contribution >= 0.6 is 27.5 Å². The molecule has 0 heterocycles. The highest BCUT2D eigenvalue weighted by Crippen LogP contribution is 2.36. The predicted octanol–water partition coefficient (Wildman–Crippen LogP) is 5.65. The van der Waals surface area contributed by atoms with Gasteiger partial charge in [0.15, 0.2) is 0 Å². The maximum absolute atomic E-state index is 13.0. The normalized spacial score (nSPS) is 12.9. The van der Waals surface area contributed by atoms with Crippen molar-refractivity contribution in [3.8, 4) is 0 Å². The van der Waals surface area contributed by atoms with Crippen molar-refractivity contribution in [3.05, 3.63) is 68.1 Å². The minimum absolute atomic E-state index is 0.0996. The van der Waals surface area contributed by atoms with E-state index in [2.05, 4.69) is 26.0 Å². The number of nitrogens with one attached hydrogen (secondary N) is 1. The van der Waals surface area contributed by atoms with E-state index in [0.29, 0.717) is 15.1 Å². The van der Waals surface area contributed by atoms with Crippen LogP contribution in [0.4, 0.5) is 26.3 Å². The summed E-state index contributed by atoms with van der Waals surface area (Å²) in [7, 11) is 1.01. The molecule has 0 radical (unpaired) electrons. The van der Waals surface area contributed by atoms with Crippen LogP contribution in [-0.2, 0) is 28.3 Å². The molecule has 2 aromatic rings. The summed E-state index contributed by atoms with van der Waals surface area (Å²) in [6.07, 6.45) is -10.4. The van der Waals surface area contributed by atoms with E-state index in [0.717, 1.165) is 7.11 Å². The lowest BCUT2D eigenvalue weighted by atomic mass is 10.0. The van der Waals surface area contributed by atoms with E-state index in [1.807, 2.05) is 0 Å². The van der Waals surface area contributed by atoms with Crippen molar-refractivity contribution in [1.82, 2.24) is 5.32 Å². The molecule has 0 unspecified atom stereocenters. The lowest BCUT2D eigenvalue weighted by molar-refractivity contribution is -0.144. The molecule has 1 amide bonds. The fraction of sp³-hybridized carbons (Fsp3) is 0.263. The first-order valence-corrected chi connectivity index (χ1v) is 9.51. The Balaban J connectivity index is 2.41. The van der Waals surface area contributed by atoms with Gasteiger partial charge in [-0.2, -0.15) is 26.3 Å². The molecule has 1 atom stereocenters. The van der Waals surface area contributed by atoms with Crippen molar-refractivity contribution in [2.75, 3.05) is 7.11 Å². The Morgan fingerprint density at radius 1 is 1.03 bits per heavy atom. The number of methoxy groups -OCH3 is 1. The maximum atomic E-state index is 13.0. The number of carbonyl (C=O) groups is 2. The summed E-state index contributed by atoms with van der Waals surface area (Å²) in [5.74, 6) is -2.27. The first-order chi connectivity index (χ1) is 14.2. The van der Waals surface area contributed by atoms with E-state index in [1.165, 1.54) is 6.07 Å². The number of amides is 1. The first kappa shape index (κ1) is 25.0. The Morgan fingerprint density at radius 2 is 1.58 bits per heavy atom. The van der Waals surface area contributed by atoms with E-state index >= 15 is 0 Å². The minimum atomic E-state index is -5.12. The van der Waals surface area contributed by atoms with Crippen molar-refractivity contribution in [1.29, 1.82) is 0 Å². The largest absolute Gasteiger partial charge is 0.467 e. The van der Waals surface area contributed by atoms with Crippen LogP contribution in [0.2, 0.25) is 5.02 Å². The third-order valence-corrected chi connectivity index (χ3v) is 5.08. The second-order valence-electron chi connectivity index (χ2n) is 6.28. The number of ether oxygens (including phenoxy) is 1. The van der Waals surface area contributed by atoms with E-state index < -0.39 is 47.0 Å². The van der Waals surface area contributed by atoms with E-state index in [-0.39, 0.29) is 24.6 Å². The number of rotatable bonds is 5. The number of benzene rings is 2. The molecule has 4 nitrogen and oxygen atoms in total. The molecule has 0 saturated carbocycles. The molecule has 0 fully saturated rings. The van der Waals surface area contributed by atoms with Gasteiger partial charge < -0.3 is 10.1 Å². The molecular formula is C19H13BrClF6NO3. The predicted molar refractivity (Wildman–Crippen MR) is 103 cm³/mol. The van der Waals surface area contributed by atoms with Gasteiger partial charge in [-0.05, 0) is 42.0 Å². The van der Waals surface area contributed by atoms with Gasteiger partial charge >= 0.3 is 18.3 Å². The van der Waals surface area contributed by atoms with E-state index in [9.17, 15) is 35.9 Å². The third kappa shape index (κ3) is 6.60. The van der Waals surface area contributed by atoms with Crippen LogP contribution in [0.5, 0.6) is 0 Å². The summed E-state index contributed by atoms with van der Waals surface area (Å²) in [5.41, 5.74) is -3.77. The summed E-state index contributed by atoms with van der Waals surface area (Å²) in [5, 5.41) is 2.43. The SMILES string of the molecule is COC(=O)[C@@H](Cc1cc(Cl)ccc1Br)NC(=O)c1cc(C(F)(F)F)cc(C(F)(F)F)c1. The average molecular weight is 533 g/mol. The molecule has 2 aromatic carbocycles. The summed E-state index contributed by atoms with van der Waals surface area (Å²) in [6.45, 7) is 0. The molecule has 0 aliphatic heterocycles. The second-order valence-corrected chi connectivity index (χ2v) is 7.57. The molecule has 1 N–H and O–H groups in total. The fourth-order valence-electron chi connectivity index (χ4n) is 2.58. The van der Waals surface area contributed by atoms with Crippen molar-refractivity contribution < 1.29 is 40.7 Å². The fourth-order valence-corrected chi connectivity index (χ4v) is 3.19. The Labute approximate surface area is 185 Å². The summed E-state index contributed by atoms with van der Waals surface area (Å²) >= 11 is 9.13. The van der Waals surface area contributed by atoms with Crippen molar-refractivity contribution >= 4 is 39.4 Å². The zero-order chi connectivity index (χ0) is 23.6. The monoisotopic (exact) mass is 531 g/mol. The lowest BCUT2D eigenvalue weighted by Crippen LogP contribution is -2.43. The minimum Gasteiger partial charge on any atom is -0.467 e. The van der Waals surface area contributed by atoms with Crippen LogP contribution in [0.1, 0.15) is 27.0 Å². The van der Waals surface area contributed by atoms with Crippen LogP contribution in [0.25, 0.3) is 0 Å². The number of hydrogen-bond donors (Lipinski definition) is 1. The Morgan fingerprint density at radius 3 is 2.06 bits per heavy atom. The first-order valence-electron chi connectivity index (χ1n) is 8.34. The molecule has 0 bridgehead atoms. The molecule has 2 rings (SSSR count). The van der Waals surface area contributed by atoms with Crippen LogP contribution < -0.4 is 5.32 Å². The van der Waals surface area contributed by atoms with Gasteiger partial charge in [0.25, 0.3) is 5.91 Å². The number of halogens is 8. The van der Waals surface area contributed by atoms with Gasteiger partial charge in [-0.25, -0.2) is 4.79 Å².